The highest BCUT2D eigenvalue weighted by Gasteiger charge is 2.40. The zero-order valence-corrected chi connectivity index (χ0v) is 16.0. The van der Waals surface area contributed by atoms with Gasteiger partial charge in [-0.05, 0) is 30.4 Å². The molecule has 0 aliphatic carbocycles. The van der Waals surface area contributed by atoms with Crippen molar-refractivity contribution >= 4 is 22.4 Å². The number of para-hydroxylation sites is 4. The minimum atomic E-state index is 0. The Morgan fingerprint density at radius 3 is 2.72 bits per heavy atom. The van der Waals surface area contributed by atoms with Gasteiger partial charge in [-0.3, -0.25) is 0 Å². The number of hydrogen-bond donors (Lipinski definition) is 0. The maximum Gasteiger partial charge on any atom is 0.385 e. The van der Waals surface area contributed by atoms with Crippen LogP contribution in [0.25, 0.3) is 16.7 Å². The van der Waals surface area contributed by atoms with Crippen LogP contribution in [0, 0.1) is 0 Å². The van der Waals surface area contributed by atoms with Crippen molar-refractivity contribution in [3.05, 3.63) is 95.6 Å². The molecule has 4 aliphatic heterocycles. The van der Waals surface area contributed by atoms with Crippen LogP contribution in [0.4, 0.5) is 5.69 Å². The summed E-state index contributed by atoms with van der Waals surface area (Å²) >= 11 is 0. The molecule has 29 heavy (non-hydrogen) atoms. The first-order valence-electron chi connectivity index (χ1n) is 9.38. The molecule has 0 atom stereocenters. The molecule has 0 spiro atoms. The Kier molecular flexibility index (Phi) is 3.29. The molecule has 5 nitrogen and oxygen atoms in total. The molecule has 142 valence electrons. The summed E-state index contributed by atoms with van der Waals surface area (Å²) in [5.41, 5.74) is 4.94. The normalized spacial score (nSPS) is 18.1. The molecule has 0 unspecified atom stereocenters. The van der Waals surface area contributed by atoms with Gasteiger partial charge in [0.1, 0.15) is 17.1 Å². The van der Waals surface area contributed by atoms with E-state index in [1.54, 1.807) is 0 Å². The molecule has 0 amide bonds. The third-order valence-corrected chi connectivity index (χ3v) is 5.63. The first-order valence-corrected chi connectivity index (χ1v) is 9.38. The van der Waals surface area contributed by atoms with Gasteiger partial charge in [0.15, 0.2) is 12.3 Å². The predicted octanol–water partition coefficient (Wildman–Crippen LogP) is 1.04. The number of halogens is 1. The number of anilines is 1. The second-order valence-electron chi connectivity index (χ2n) is 7.18. The fraction of sp³-hybridized carbons (Fsp3) is 0.0870. The van der Waals surface area contributed by atoms with Crippen molar-refractivity contribution in [3.8, 4) is 5.75 Å². The molecule has 0 saturated carbocycles. The van der Waals surface area contributed by atoms with Gasteiger partial charge in [0.2, 0.25) is 11.5 Å². The number of benzene rings is 2. The van der Waals surface area contributed by atoms with E-state index in [9.17, 15) is 0 Å². The molecule has 0 bridgehead atoms. The Labute approximate surface area is 172 Å². The third kappa shape index (κ3) is 2.13. The van der Waals surface area contributed by atoms with E-state index in [1.807, 2.05) is 36.4 Å². The second kappa shape index (κ2) is 5.78. The lowest BCUT2D eigenvalue weighted by Crippen LogP contribution is -3.00. The van der Waals surface area contributed by atoms with Gasteiger partial charge in [0, 0.05) is 18.7 Å². The van der Waals surface area contributed by atoms with Crippen LogP contribution in [0.3, 0.4) is 0 Å². The highest BCUT2D eigenvalue weighted by atomic mass is 35.5. The summed E-state index contributed by atoms with van der Waals surface area (Å²) in [4.78, 5) is 2.18. The Morgan fingerprint density at radius 1 is 0.897 bits per heavy atom. The van der Waals surface area contributed by atoms with E-state index < -0.39 is 0 Å². The zero-order chi connectivity index (χ0) is 18.2. The lowest BCUT2D eigenvalue weighted by atomic mass is 10.0. The average Bonchev–Trinajstić information content (AvgIpc) is 3.31. The molecule has 0 fully saturated rings. The summed E-state index contributed by atoms with van der Waals surface area (Å²) in [5.74, 6) is 4.20. The Balaban J connectivity index is 0.00000165. The van der Waals surface area contributed by atoms with Crippen LogP contribution in [0.15, 0.2) is 94.2 Å². The van der Waals surface area contributed by atoms with E-state index in [2.05, 4.69) is 39.8 Å². The summed E-state index contributed by atoms with van der Waals surface area (Å²) < 4.78 is 20.8. The van der Waals surface area contributed by atoms with Crippen molar-refractivity contribution < 1.29 is 30.9 Å². The van der Waals surface area contributed by atoms with E-state index in [4.69, 9.17) is 13.9 Å². The van der Waals surface area contributed by atoms with Gasteiger partial charge in [0.05, 0.1) is 11.3 Å². The summed E-state index contributed by atoms with van der Waals surface area (Å²) in [6.07, 6.45) is 6.35. The number of ether oxygens (including phenoxy) is 2. The summed E-state index contributed by atoms with van der Waals surface area (Å²) in [5, 5.41) is 0. The quantitative estimate of drug-likeness (QED) is 0.527. The first kappa shape index (κ1) is 16.5. The summed E-state index contributed by atoms with van der Waals surface area (Å²) in [6, 6.07) is 16.2. The van der Waals surface area contributed by atoms with Crippen molar-refractivity contribution in [2.45, 2.75) is 6.54 Å². The smallest absolute Gasteiger partial charge is 0.385 e. The molecule has 0 radical (unpaired) electrons. The van der Waals surface area contributed by atoms with Crippen LogP contribution in [0.1, 0.15) is 5.89 Å². The van der Waals surface area contributed by atoms with Crippen molar-refractivity contribution in [3.63, 3.8) is 0 Å². The molecule has 5 heterocycles. The van der Waals surface area contributed by atoms with Crippen LogP contribution in [0.2, 0.25) is 0 Å². The standard InChI is InChI=1S/C23H15N2O3.ClH/c1-3-7-20-16(5-1)24-11-9-18-14(22(24)27-20)13-15-19(26-18)10-12-25-17-6-2-4-8-21(17)28-23(15)25;/h1-10,13H,11-12H2;1H/q+1;/p-1. The van der Waals surface area contributed by atoms with Gasteiger partial charge >= 0.3 is 5.89 Å². The van der Waals surface area contributed by atoms with Crippen molar-refractivity contribution in [1.82, 2.24) is 0 Å². The Morgan fingerprint density at radius 2 is 1.76 bits per heavy atom. The highest BCUT2D eigenvalue weighted by molar-refractivity contribution is 5.82. The number of hydrogen-bond acceptors (Lipinski definition) is 4. The van der Waals surface area contributed by atoms with Crippen molar-refractivity contribution in [2.24, 2.45) is 0 Å². The maximum absolute atomic E-state index is 6.27. The molecule has 7 rings (SSSR count). The molecule has 2 aromatic carbocycles. The van der Waals surface area contributed by atoms with E-state index in [1.165, 1.54) is 0 Å². The van der Waals surface area contributed by atoms with E-state index in [-0.39, 0.29) is 12.4 Å². The molecule has 6 heteroatoms. The molecule has 0 saturated heterocycles. The van der Waals surface area contributed by atoms with Crippen LogP contribution in [-0.4, -0.2) is 6.54 Å². The molecule has 4 aliphatic rings. The van der Waals surface area contributed by atoms with E-state index in [0.717, 1.165) is 70.1 Å². The fourth-order valence-electron chi connectivity index (χ4n) is 4.33. The lowest BCUT2D eigenvalue weighted by molar-refractivity contribution is -0.669. The zero-order valence-electron chi connectivity index (χ0n) is 15.3. The Bertz CT molecular complexity index is 1330. The summed E-state index contributed by atoms with van der Waals surface area (Å²) in [6.45, 7) is 1.46. The molecule has 1 aromatic heterocycles. The van der Waals surface area contributed by atoms with Gasteiger partial charge in [-0.15, -0.1) is 0 Å². The minimum Gasteiger partial charge on any atom is -1.00 e. The maximum atomic E-state index is 6.27. The monoisotopic (exact) mass is 402 g/mol. The number of allylic oxidation sites excluding steroid dienone is 3. The van der Waals surface area contributed by atoms with Gasteiger partial charge in [0.25, 0.3) is 5.52 Å². The molecule has 3 aromatic rings. The topological polar surface area (TPSA) is 38.7 Å². The number of aromatic nitrogens is 1. The van der Waals surface area contributed by atoms with Crippen LogP contribution < -0.4 is 26.6 Å². The van der Waals surface area contributed by atoms with Crippen molar-refractivity contribution in [1.29, 1.82) is 0 Å². The number of fused-ring (bicyclic) bond motifs is 9. The van der Waals surface area contributed by atoms with Crippen LogP contribution >= 0.6 is 0 Å². The van der Waals surface area contributed by atoms with Gasteiger partial charge in [-0.25, -0.2) is 0 Å². The van der Waals surface area contributed by atoms with E-state index in [0.29, 0.717) is 0 Å². The number of oxazole rings is 1. The lowest BCUT2D eigenvalue weighted by Gasteiger charge is -2.29. The van der Waals surface area contributed by atoms with Crippen LogP contribution in [0.5, 0.6) is 5.75 Å². The SMILES string of the molecule is C1=C2OC3=CCN4C(=C3C=C2c2oc3ccccc3[n+]2C1)Oc1ccccc14.[Cl-]. The van der Waals surface area contributed by atoms with Crippen LogP contribution in [-0.2, 0) is 11.3 Å². The van der Waals surface area contributed by atoms with Gasteiger partial charge in [-0.1, -0.05) is 24.3 Å². The Hall–Kier alpha value is -3.44. The average molecular weight is 403 g/mol. The third-order valence-electron chi connectivity index (χ3n) is 5.63. The molecular weight excluding hydrogens is 388 g/mol. The van der Waals surface area contributed by atoms with Gasteiger partial charge in [-0.2, -0.15) is 4.57 Å². The van der Waals surface area contributed by atoms with Crippen molar-refractivity contribution in [2.75, 3.05) is 11.4 Å². The first-order chi connectivity index (χ1) is 13.9. The minimum absolute atomic E-state index is 0. The second-order valence-corrected chi connectivity index (χ2v) is 7.18. The summed E-state index contributed by atoms with van der Waals surface area (Å²) in [7, 11) is 0. The molecule has 0 N–H and O–H groups in total. The largest absolute Gasteiger partial charge is 1.00 e. The number of nitrogens with zero attached hydrogens (tertiary/aromatic N) is 2. The van der Waals surface area contributed by atoms with E-state index >= 15 is 0 Å². The predicted molar refractivity (Wildman–Crippen MR) is 103 cm³/mol. The molecular formula is C23H15ClN2O3. The number of rotatable bonds is 0. The highest BCUT2D eigenvalue weighted by Crippen LogP contribution is 2.46. The van der Waals surface area contributed by atoms with Gasteiger partial charge < -0.3 is 31.2 Å². The fourth-order valence-corrected chi connectivity index (χ4v) is 4.33.